The van der Waals surface area contributed by atoms with E-state index in [9.17, 15) is 9.90 Å². The molecule has 0 radical (unpaired) electrons. The van der Waals surface area contributed by atoms with Gasteiger partial charge in [-0.1, -0.05) is 18.5 Å². The van der Waals surface area contributed by atoms with Crippen molar-refractivity contribution in [3.63, 3.8) is 0 Å². The van der Waals surface area contributed by atoms with Crippen molar-refractivity contribution in [2.45, 2.75) is 13.3 Å². The fourth-order valence-corrected chi connectivity index (χ4v) is 3.69. The van der Waals surface area contributed by atoms with Gasteiger partial charge in [0.1, 0.15) is 5.75 Å². The van der Waals surface area contributed by atoms with Crippen LogP contribution in [0, 0.1) is 0 Å². The van der Waals surface area contributed by atoms with E-state index >= 15 is 0 Å². The van der Waals surface area contributed by atoms with Crippen LogP contribution in [0.3, 0.4) is 0 Å². The molecule has 2 heterocycles. The second-order valence-corrected chi connectivity index (χ2v) is 6.42. The van der Waals surface area contributed by atoms with E-state index in [0.717, 1.165) is 22.0 Å². The summed E-state index contributed by atoms with van der Waals surface area (Å²) in [6.07, 6.45) is 0.558. The lowest BCUT2D eigenvalue weighted by atomic mass is 10.1. The smallest absolute Gasteiger partial charge is 0.356 e. The van der Waals surface area contributed by atoms with E-state index in [1.54, 1.807) is 11.8 Å². The summed E-state index contributed by atoms with van der Waals surface area (Å²) in [5.74, 6) is -0.316. The Morgan fingerprint density at radius 2 is 2.08 bits per heavy atom. The molecule has 0 fully saturated rings. The van der Waals surface area contributed by atoms with Crippen molar-refractivity contribution in [3.05, 3.63) is 52.0 Å². The molecule has 0 aliphatic heterocycles. The Bertz CT molecular complexity index is 884. The van der Waals surface area contributed by atoms with Gasteiger partial charge in [0.15, 0.2) is 5.69 Å². The number of thiophene rings is 1. The molecule has 0 saturated carbocycles. The van der Waals surface area contributed by atoms with E-state index in [1.165, 1.54) is 11.3 Å². The molecule has 0 saturated heterocycles. The van der Waals surface area contributed by atoms with Crippen molar-refractivity contribution in [1.29, 1.82) is 0 Å². The van der Waals surface area contributed by atoms with Crippen LogP contribution in [0.1, 0.15) is 23.0 Å². The summed E-state index contributed by atoms with van der Waals surface area (Å²) in [5, 5.41) is 16.3. The summed E-state index contributed by atoms with van der Waals surface area (Å²) in [7, 11) is 1.60. The fraction of sp³-hybridized carbons (Fsp3) is 0.176. The van der Waals surface area contributed by atoms with Crippen LogP contribution < -0.4 is 4.74 Å². The third-order valence-corrected chi connectivity index (χ3v) is 4.94. The van der Waals surface area contributed by atoms with Crippen LogP contribution in [0.4, 0.5) is 0 Å². The largest absolute Gasteiger partial charge is 0.497 e. The van der Waals surface area contributed by atoms with Crippen LogP contribution in [0.25, 0.3) is 16.3 Å². The normalized spacial score (nSPS) is 10.8. The molecule has 0 unspecified atom stereocenters. The first-order chi connectivity index (χ1) is 11.5. The highest BCUT2D eigenvalue weighted by atomic mass is 35.5. The molecular formula is C17H15ClN2O3S. The second kappa shape index (κ2) is 6.67. The first kappa shape index (κ1) is 16.5. The summed E-state index contributed by atoms with van der Waals surface area (Å²) in [5.41, 5.74) is 2.28. The lowest BCUT2D eigenvalue weighted by Crippen LogP contribution is -2.02. The van der Waals surface area contributed by atoms with Crippen molar-refractivity contribution in [2.24, 2.45) is 0 Å². The van der Waals surface area contributed by atoms with Crippen LogP contribution in [0.5, 0.6) is 5.75 Å². The summed E-state index contributed by atoms with van der Waals surface area (Å²) in [6.45, 7) is 1.92. The van der Waals surface area contributed by atoms with Gasteiger partial charge in [-0.15, -0.1) is 11.3 Å². The average Bonchev–Trinajstić information content (AvgIpc) is 3.18. The Balaban J connectivity index is 2.25. The van der Waals surface area contributed by atoms with Gasteiger partial charge in [0.05, 0.1) is 28.4 Å². The van der Waals surface area contributed by atoms with Gasteiger partial charge in [-0.2, -0.15) is 5.10 Å². The molecule has 0 atom stereocenters. The number of hydrogen-bond acceptors (Lipinski definition) is 4. The second-order valence-electron chi connectivity index (χ2n) is 5.07. The van der Waals surface area contributed by atoms with Crippen molar-refractivity contribution < 1.29 is 14.6 Å². The van der Waals surface area contributed by atoms with Crippen LogP contribution in [-0.2, 0) is 6.42 Å². The Kier molecular flexibility index (Phi) is 4.59. The van der Waals surface area contributed by atoms with Crippen LogP contribution in [0.15, 0.2) is 35.7 Å². The number of hydrogen-bond donors (Lipinski definition) is 1. The molecule has 5 nitrogen and oxygen atoms in total. The van der Waals surface area contributed by atoms with E-state index < -0.39 is 5.97 Å². The van der Waals surface area contributed by atoms with Gasteiger partial charge in [-0.25, -0.2) is 9.48 Å². The fourth-order valence-electron chi connectivity index (χ4n) is 2.56. The standard InChI is InChI=1S/C17H15ClN2O3S/c1-3-13-15(17(21)22)19-20(11-4-6-12(23-2)7-5-11)16(13)14-8-10(18)9-24-14/h4-9H,3H2,1-2H3,(H,21,22). The molecule has 0 aliphatic carbocycles. The number of carbonyl (C=O) groups is 1. The molecule has 1 aromatic carbocycles. The van der Waals surface area contributed by atoms with E-state index in [1.807, 2.05) is 42.6 Å². The molecular weight excluding hydrogens is 348 g/mol. The number of rotatable bonds is 5. The SMILES string of the molecule is CCc1c(C(=O)O)nn(-c2ccc(OC)cc2)c1-c1cc(Cl)cs1. The van der Waals surface area contributed by atoms with Crippen molar-refractivity contribution in [3.8, 4) is 22.0 Å². The minimum Gasteiger partial charge on any atom is -0.497 e. The predicted octanol–water partition coefficient (Wildman–Crippen LogP) is 4.52. The van der Waals surface area contributed by atoms with Gasteiger partial charge in [-0.3, -0.25) is 0 Å². The van der Waals surface area contributed by atoms with E-state index in [2.05, 4.69) is 5.10 Å². The highest BCUT2D eigenvalue weighted by Crippen LogP contribution is 2.35. The molecule has 24 heavy (non-hydrogen) atoms. The Labute approximate surface area is 148 Å². The zero-order chi connectivity index (χ0) is 17.3. The number of halogens is 1. The van der Waals surface area contributed by atoms with Gasteiger partial charge in [0.2, 0.25) is 0 Å². The van der Waals surface area contributed by atoms with Gasteiger partial charge >= 0.3 is 5.97 Å². The number of aromatic carboxylic acids is 1. The number of carboxylic acids is 1. The maximum absolute atomic E-state index is 11.6. The molecule has 0 aliphatic rings. The van der Waals surface area contributed by atoms with Crippen LogP contribution >= 0.6 is 22.9 Å². The summed E-state index contributed by atoms with van der Waals surface area (Å²) in [4.78, 5) is 12.5. The molecule has 0 spiro atoms. The Morgan fingerprint density at radius 3 is 2.58 bits per heavy atom. The number of methoxy groups -OCH3 is 1. The first-order valence-corrected chi connectivity index (χ1v) is 8.55. The van der Waals surface area contributed by atoms with Gasteiger partial charge < -0.3 is 9.84 Å². The van der Waals surface area contributed by atoms with Crippen molar-refractivity contribution >= 4 is 28.9 Å². The minimum atomic E-state index is -1.04. The monoisotopic (exact) mass is 362 g/mol. The number of carboxylic acid groups (broad SMARTS) is 1. The molecule has 0 bridgehead atoms. The summed E-state index contributed by atoms with van der Waals surface area (Å²) >= 11 is 7.52. The maximum Gasteiger partial charge on any atom is 0.356 e. The quantitative estimate of drug-likeness (QED) is 0.724. The highest BCUT2D eigenvalue weighted by Gasteiger charge is 2.24. The third kappa shape index (κ3) is 2.90. The first-order valence-electron chi connectivity index (χ1n) is 7.29. The number of ether oxygens (including phenoxy) is 1. The molecule has 124 valence electrons. The minimum absolute atomic E-state index is 0.0628. The number of nitrogens with zero attached hydrogens (tertiary/aromatic N) is 2. The third-order valence-electron chi connectivity index (χ3n) is 3.66. The molecule has 2 aromatic heterocycles. The molecule has 3 aromatic rings. The number of benzene rings is 1. The summed E-state index contributed by atoms with van der Waals surface area (Å²) in [6, 6.07) is 9.14. The lowest BCUT2D eigenvalue weighted by molar-refractivity contribution is 0.0689. The Morgan fingerprint density at radius 1 is 1.38 bits per heavy atom. The lowest BCUT2D eigenvalue weighted by Gasteiger charge is -2.08. The van der Waals surface area contributed by atoms with Gasteiger partial charge in [-0.05, 0) is 36.8 Å². The number of aromatic nitrogens is 2. The van der Waals surface area contributed by atoms with E-state index in [4.69, 9.17) is 16.3 Å². The zero-order valence-electron chi connectivity index (χ0n) is 13.1. The van der Waals surface area contributed by atoms with Gasteiger partial charge in [0, 0.05) is 10.9 Å². The van der Waals surface area contributed by atoms with Crippen LogP contribution in [0.2, 0.25) is 5.02 Å². The van der Waals surface area contributed by atoms with Crippen molar-refractivity contribution in [1.82, 2.24) is 9.78 Å². The van der Waals surface area contributed by atoms with E-state index in [-0.39, 0.29) is 5.69 Å². The van der Waals surface area contributed by atoms with Crippen molar-refractivity contribution in [2.75, 3.05) is 7.11 Å². The molecule has 3 rings (SSSR count). The van der Waals surface area contributed by atoms with Gasteiger partial charge in [0.25, 0.3) is 0 Å². The Hall–Kier alpha value is -2.31. The topological polar surface area (TPSA) is 64.3 Å². The molecule has 1 N–H and O–H groups in total. The predicted molar refractivity (Wildman–Crippen MR) is 94.8 cm³/mol. The molecule has 7 heteroatoms. The maximum atomic E-state index is 11.6. The summed E-state index contributed by atoms with van der Waals surface area (Å²) < 4.78 is 6.83. The van der Waals surface area contributed by atoms with E-state index in [0.29, 0.717) is 17.0 Å². The highest BCUT2D eigenvalue weighted by molar-refractivity contribution is 7.14. The van der Waals surface area contributed by atoms with Crippen LogP contribution in [-0.4, -0.2) is 28.0 Å². The zero-order valence-corrected chi connectivity index (χ0v) is 14.7. The molecule has 0 amide bonds. The average molecular weight is 363 g/mol.